The first-order chi connectivity index (χ1) is 14.5. The number of hydrogen-bond donors (Lipinski definition) is 4. The van der Waals surface area contributed by atoms with Crippen LogP contribution in [0.2, 0.25) is 0 Å². The third kappa shape index (κ3) is 5.95. The molecular weight excluding hydrogens is 396 g/mol. The number of hydrogen-bond acceptors (Lipinski definition) is 8. The summed E-state index contributed by atoms with van der Waals surface area (Å²) in [6.45, 7) is 13.8. The van der Waals surface area contributed by atoms with Crippen LogP contribution in [0.5, 0.6) is 0 Å². The summed E-state index contributed by atoms with van der Waals surface area (Å²) in [6.07, 6.45) is 6.18. The van der Waals surface area contributed by atoms with Gasteiger partial charge in [-0.15, -0.1) is 0 Å². The molecule has 4 N–H and O–H groups in total. The molecule has 0 radical (unpaired) electrons. The highest BCUT2D eigenvalue weighted by atomic mass is 16.3. The second kappa shape index (κ2) is 8.83. The van der Waals surface area contributed by atoms with Gasteiger partial charge in [0.15, 0.2) is 0 Å². The van der Waals surface area contributed by atoms with Crippen LogP contribution in [0.4, 0.5) is 0 Å². The van der Waals surface area contributed by atoms with Crippen molar-refractivity contribution in [3.63, 3.8) is 0 Å². The van der Waals surface area contributed by atoms with Crippen molar-refractivity contribution in [3.05, 3.63) is 35.7 Å². The van der Waals surface area contributed by atoms with Crippen LogP contribution in [0.3, 0.4) is 0 Å². The van der Waals surface area contributed by atoms with Gasteiger partial charge in [0.2, 0.25) is 0 Å². The van der Waals surface area contributed by atoms with Crippen molar-refractivity contribution in [2.75, 3.05) is 6.54 Å². The molecule has 3 aromatic heterocycles. The van der Waals surface area contributed by atoms with Crippen LogP contribution in [0.15, 0.2) is 18.6 Å². The molecule has 0 spiro atoms. The van der Waals surface area contributed by atoms with Crippen LogP contribution < -0.4 is 0 Å². The number of rotatable bonds is 9. The Kier molecular flexibility index (Phi) is 6.56. The summed E-state index contributed by atoms with van der Waals surface area (Å²) in [5.41, 5.74) is 0.794. The van der Waals surface area contributed by atoms with E-state index in [1.165, 1.54) is 0 Å². The molecule has 0 aliphatic carbocycles. The van der Waals surface area contributed by atoms with E-state index in [2.05, 4.69) is 92.7 Å². The fourth-order valence-corrected chi connectivity index (χ4v) is 4.37. The lowest BCUT2D eigenvalue weighted by molar-refractivity contribution is -0.0627. The number of H-pyrrole nitrogens is 3. The van der Waals surface area contributed by atoms with Crippen molar-refractivity contribution in [1.29, 1.82) is 0 Å². The molecule has 170 valence electrons. The summed E-state index contributed by atoms with van der Waals surface area (Å²) < 4.78 is 0. The average Bonchev–Trinajstić information content (AvgIpc) is 3.40. The van der Waals surface area contributed by atoms with Crippen LogP contribution >= 0.6 is 0 Å². The lowest BCUT2D eigenvalue weighted by Crippen LogP contribution is -2.58. The van der Waals surface area contributed by atoms with E-state index in [1.807, 2.05) is 0 Å². The van der Waals surface area contributed by atoms with Gasteiger partial charge >= 0.3 is 0 Å². The zero-order valence-corrected chi connectivity index (χ0v) is 19.2. The molecule has 0 aliphatic rings. The highest BCUT2D eigenvalue weighted by molar-refractivity contribution is 5.11. The molecule has 1 atom stereocenters. The molecule has 11 nitrogen and oxygen atoms in total. The Balaban J connectivity index is 2.01. The molecule has 1 unspecified atom stereocenters. The van der Waals surface area contributed by atoms with Gasteiger partial charge in [-0.05, 0) is 48.0 Å². The smallest absolute Gasteiger partial charge is 0.0853 e. The zero-order chi connectivity index (χ0) is 22.7. The van der Waals surface area contributed by atoms with Crippen molar-refractivity contribution >= 4 is 0 Å². The molecule has 0 fully saturated rings. The van der Waals surface area contributed by atoms with Crippen LogP contribution in [0.25, 0.3) is 0 Å². The Labute approximate surface area is 182 Å². The van der Waals surface area contributed by atoms with Gasteiger partial charge < -0.3 is 5.11 Å². The molecule has 3 rings (SSSR count). The van der Waals surface area contributed by atoms with Gasteiger partial charge in [0, 0.05) is 36.4 Å². The quantitative estimate of drug-likeness (QED) is 0.397. The first-order valence-electron chi connectivity index (χ1n) is 10.5. The van der Waals surface area contributed by atoms with E-state index >= 15 is 0 Å². The van der Waals surface area contributed by atoms with E-state index in [1.54, 1.807) is 18.6 Å². The van der Waals surface area contributed by atoms with Gasteiger partial charge in [-0.3, -0.25) is 4.90 Å². The van der Waals surface area contributed by atoms with Gasteiger partial charge in [0.05, 0.1) is 41.3 Å². The Morgan fingerprint density at radius 3 is 1.55 bits per heavy atom. The molecule has 0 bridgehead atoms. The Morgan fingerprint density at radius 2 is 1.19 bits per heavy atom. The minimum atomic E-state index is -1.17. The topological polar surface area (TPSA) is 148 Å². The summed E-state index contributed by atoms with van der Waals surface area (Å²) in [6, 6.07) is 0. The Bertz CT molecular complexity index is 841. The fourth-order valence-electron chi connectivity index (χ4n) is 4.37. The number of nitrogens with one attached hydrogen (secondary N) is 3. The van der Waals surface area contributed by atoms with Gasteiger partial charge in [-0.2, -0.15) is 46.2 Å². The van der Waals surface area contributed by atoms with Gasteiger partial charge in [0.1, 0.15) is 0 Å². The predicted octanol–water partition coefficient (Wildman–Crippen LogP) is 1.32. The highest BCUT2D eigenvalue weighted by Gasteiger charge is 2.43. The summed E-state index contributed by atoms with van der Waals surface area (Å²) in [5.74, 6) is -0.190. The van der Waals surface area contributed by atoms with Crippen molar-refractivity contribution in [3.8, 4) is 0 Å². The van der Waals surface area contributed by atoms with Crippen molar-refractivity contribution in [2.24, 2.45) is 5.92 Å². The minimum Gasteiger partial charge on any atom is -0.389 e. The fraction of sp³-hybridized carbons (Fsp3) is 0.700. The van der Waals surface area contributed by atoms with Crippen molar-refractivity contribution in [1.82, 2.24) is 51.1 Å². The summed E-state index contributed by atoms with van der Waals surface area (Å²) in [7, 11) is 0. The maximum absolute atomic E-state index is 12.1. The largest absolute Gasteiger partial charge is 0.389 e. The average molecular weight is 431 g/mol. The predicted molar refractivity (Wildman–Crippen MR) is 115 cm³/mol. The molecule has 3 heterocycles. The summed E-state index contributed by atoms with van der Waals surface area (Å²) in [4.78, 5) is 2.42. The maximum atomic E-state index is 12.1. The third-order valence-corrected chi connectivity index (χ3v) is 5.61. The standard InChI is InChI=1S/C20H34N10O/c1-18(2,3)30(19(4,5)6)13-14(7-15-10-21-27-24-15)20(31,8-16-11-22-28-25-16)9-17-12-23-29-26-17/h10-12,14,31H,7-9,13H2,1-6H3,(H,21,24,27)(H,22,25,28)(H,23,26,29). The number of aromatic nitrogens is 9. The summed E-state index contributed by atoms with van der Waals surface area (Å²) >= 11 is 0. The molecule has 0 saturated heterocycles. The molecule has 3 aromatic rings. The highest BCUT2D eigenvalue weighted by Crippen LogP contribution is 2.34. The van der Waals surface area contributed by atoms with Crippen molar-refractivity contribution < 1.29 is 5.11 Å². The second-order valence-electron chi connectivity index (χ2n) is 10.2. The van der Waals surface area contributed by atoms with E-state index in [-0.39, 0.29) is 17.0 Å². The maximum Gasteiger partial charge on any atom is 0.0853 e. The third-order valence-electron chi connectivity index (χ3n) is 5.61. The molecule has 11 heteroatoms. The van der Waals surface area contributed by atoms with Crippen molar-refractivity contribution in [2.45, 2.75) is 77.5 Å². The lowest BCUT2D eigenvalue weighted by Gasteiger charge is -2.49. The first kappa shape index (κ1) is 23.0. The van der Waals surface area contributed by atoms with Crippen LogP contribution in [-0.2, 0) is 19.3 Å². The summed E-state index contributed by atoms with van der Waals surface area (Å²) in [5, 5.41) is 44.6. The second-order valence-corrected chi connectivity index (χ2v) is 10.2. The molecular formula is C20H34N10O. The van der Waals surface area contributed by atoms with Gasteiger partial charge in [-0.25, -0.2) is 0 Å². The monoisotopic (exact) mass is 430 g/mol. The van der Waals surface area contributed by atoms with E-state index in [4.69, 9.17) is 0 Å². The van der Waals surface area contributed by atoms with Gasteiger partial charge in [0.25, 0.3) is 0 Å². The number of aromatic amines is 3. The van der Waals surface area contributed by atoms with Gasteiger partial charge in [-0.1, -0.05) is 0 Å². The van der Waals surface area contributed by atoms with Crippen LogP contribution in [0, 0.1) is 5.92 Å². The lowest BCUT2D eigenvalue weighted by atomic mass is 9.76. The Hall–Kier alpha value is -2.66. The van der Waals surface area contributed by atoms with E-state index < -0.39 is 5.60 Å². The molecule has 0 saturated carbocycles. The minimum absolute atomic E-state index is 0.108. The van der Waals surface area contributed by atoms with E-state index in [0.29, 0.717) is 37.2 Å². The normalized spacial score (nSPS) is 14.3. The van der Waals surface area contributed by atoms with E-state index in [0.717, 1.165) is 5.69 Å². The zero-order valence-electron chi connectivity index (χ0n) is 19.2. The van der Waals surface area contributed by atoms with Crippen LogP contribution in [-0.4, -0.2) is 79.5 Å². The van der Waals surface area contributed by atoms with E-state index in [9.17, 15) is 5.11 Å². The SMILES string of the molecule is CC(C)(C)N(CC(Cc1cn[nH]n1)C(O)(Cc1cn[nH]n1)Cc1cn[nH]n1)C(C)(C)C. The molecule has 0 aliphatic heterocycles. The Morgan fingerprint density at radius 1 is 0.774 bits per heavy atom. The molecule has 31 heavy (non-hydrogen) atoms. The van der Waals surface area contributed by atoms with Crippen LogP contribution in [0.1, 0.15) is 58.6 Å². The number of nitrogens with zero attached hydrogens (tertiary/aromatic N) is 7. The molecule has 0 amide bonds. The number of aliphatic hydroxyl groups is 1. The first-order valence-corrected chi connectivity index (χ1v) is 10.5. The molecule has 0 aromatic carbocycles.